The number of carbonyl (C=O) groups excluding carboxylic acids is 1. The predicted octanol–water partition coefficient (Wildman–Crippen LogP) is 2.63. The van der Waals surface area contributed by atoms with E-state index >= 15 is 0 Å². The molecule has 0 radical (unpaired) electrons. The van der Waals surface area contributed by atoms with Gasteiger partial charge in [0.15, 0.2) is 0 Å². The fourth-order valence-electron chi connectivity index (χ4n) is 1.79. The fraction of sp³-hybridized carbons (Fsp3) is 0.375. The lowest BCUT2D eigenvalue weighted by Gasteiger charge is -2.08. The van der Waals surface area contributed by atoms with Crippen LogP contribution in [-0.4, -0.2) is 23.7 Å². The average molecular weight is 288 g/mol. The van der Waals surface area contributed by atoms with E-state index in [4.69, 9.17) is 11.5 Å². The Morgan fingerprint density at radius 2 is 2.10 bits per heavy atom. The maximum absolute atomic E-state index is 11.7. The molecular formula is C16H20N2O3. The van der Waals surface area contributed by atoms with E-state index in [0.29, 0.717) is 18.7 Å². The molecule has 0 saturated carbocycles. The smallest absolute Gasteiger partial charge is 0.319 e. The molecule has 1 aromatic rings. The van der Waals surface area contributed by atoms with Crippen LogP contribution < -0.4 is 10.6 Å². The number of carbonyl (C=O) groups is 2. The Labute approximate surface area is 124 Å². The molecule has 112 valence electrons. The van der Waals surface area contributed by atoms with Crippen molar-refractivity contribution in [1.82, 2.24) is 5.32 Å². The second-order valence-corrected chi connectivity index (χ2v) is 4.64. The second-order valence-electron chi connectivity index (χ2n) is 4.64. The van der Waals surface area contributed by atoms with Gasteiger partial charge in [-0.2, -0.15) is 0 Å². The van der Waals surface area contributed by atoms with Crippen LogP contribution in [0.2, 0.25) is 0 Å². The minimum Gasteiger partial charge on any atom is -0.481 e. The zero-order valence-corrected chi connectivity index (χ0v) is 11.9. The molecule has 0 saturated heterocycles. The van der Waals surface area contributed by atoms with Crippen molar-refractivity contribution < 1.29 is 14.7 Å². The summed E-state index contributed by atoms with van der Waals surface area (Å²) in [6, 6.07) is 6.90. The molecule has 0 aliphatic heterocycles. The lowest BCUT2D eigenvalue weighted by Crippen LogP contribution is -2.29. The topological polar surface area (TPSA) is 78.4 Å². The van der Waals surface area contributed by atoms with E-state index in [-0.39, 0.29) is 12.5 Å². The van der Waals surface area contributed by atoms with Crippen molar-refractivity contribution in [3.63, 3.8) is 0 Å². The Morgan fingerprint density at radius 3 is 2.81 bits per heavy atom. The first kappa shape index (κ1) is 16.6. The molecule has 1 aromatic carbocycles. The molecular weight excluding hydrogens is 268 g/mol. The molecule has 0 fully saturated rings. The van der Waals surface area contributed by atoms with Crippen LogP contribution in [0.1, 0.15) is 31.2 Å². The van der Waals surface area contributed by atoms with Gasteiger partial charge in [0.25, 0.3) is 0 Å². The van der Waals surface area contributed by atoms with Crippen molar-refractivity contribution in [2.24, 2.45) is 0 Å². The molecule has 0 unspecified atom stereocenters. The number of rotatable bonds is 8. The molecule has 1 rings (SSSR count). The molecule has 0 heterocycles. The van der Waals surface area contributed by atoms with Crippen LogP contribution >= 0.6 is 0 Å². The van der Waals surface area contributed by atoms with E-state index in [2.05, 4.69) is 16.6 Å². The van der Waals surface area contributed by atoms with E-state index < -0.39 is 5.97 Å². The van der Waals surface area contributed by atoms with Crippen molar-refractivity contribution >= 4 is 17.7 Å². The van der Waals surface area contributed by atoms with Gasteiger partial charge in [-0.3, -0.25) is 4.79 Å². The first-order valence-electron chi connectivity index (χ1n) is 6.91. The van der Waals surface area contributed by atoms with E-state index in [0.717, 1.165) is 24.8 Å². The summed E-state index contributed by atoms with van der Waals surface area (Å²) < 4.78 is 0. The Morgan fingerprint density at radius 1 is 1.29 bits per heavy atom. The van der Waals surface area contributed by atoms with Crippen LogP contribution in [0.5, 0.6) is 0 Å². The van der Waals surface area contributed by atoms with Crippen LogP contribution in [0.15, 0.2) is 24.3 Å². The number of aliphatic carboxylic acids is 1. The largest absolute Gasteiger partial charge is 0.481 e. The lowest BCUT2D eigenvalue weighted by atomic mass is 10.1. The first-order chi connectivity index (χ1) is 10.1. The highest BCUT2D eigenvalue weighted by Crippen LogP contribution is 2.12. The van der Waals surface area contributed by atoms with Crippen LogP contribution in [0.3, 0.4) is 0 Å². The van der Waals surface area contributed by atoms with E-state index in [9.17, 15) is 9.59 Å². The summed E-state index contributed by atoms with van der Waals surface area (Å²) in [5.41, 5.74) is 1.53. The third kappa shape index (κ3) is 7.63. The van der Waals surface area contributed by atoms with Crippen molar-refractivity contribution in [3.8, 4) is 12.3 Å². The van der Waals surface area contributed by atoms with Crippen molar-refractivity contribution in [1.29, 1.82) is 0 Å². The zero-order chi connectivity index (χ0) is 15.5. The number of nitrogens with one attached hydrogen (secondary N) is 2. The van der Waals surface area contributed by atoms with Gasteiger partial charge in [0.05, 0.1) is 0 Å². The number of aryl methyl sites for hydroxylation is 1. The summed E-state index contributed by atoms with van der Waals surface area (Å²) in [4.78, 5) is 22.2. The maximum atomic E-state index is 11.7. The van der Waals surface area contributed by atoms with Gasteiger partial charge in [-0.25, -0.2) is 4.79 Å². The normalized spacial score (nSPS) is 9.67. The highest BCUT2D eigenvalue weighted by molar-refractivity contribution is 5.89. The third-order valence-corrected chi connectivity index (χ3v) is 2.85. The van der Waals surface area contributed by atoms with Gasteiger partial charge >= 0.3 is 12.0 Å². The zero-order valence-electron chi connectivity index (χ0n) is 11.9. The van der Waals surface area contributed by atoms with Gasteiger partial charge in [0.1, 0.15) is 0 Å². The maximum Gasteiger partial charge on any atom is 0.319 e. The summed E-state index contributed by atoms with van der Waals surface area (Å²) in [7, 11) is 0. The number of hydrogen-bond acceptors (Lipinski definition) is 2. The number of amides is 2. The minimum absolute atomic E-state index is 0.0742. The summed E-state index contributed by atoms with van der Waals surface area (Å²) >= 11 is 0. The lowest BCUT2D eigenvalue weighted by molar-refractivity contribution is -0.136. The third-order valence-electron chi connectivity index (χ3n) is 2.85. The van der Waals surface area contributed by atoms with Gasteiger partial charge < -0.3 is 15.7 Å². The van der Waals surface area contributed by atoms with Crippen LogP contribution in [-0.2, 0) is 11.2 Å². The van der Waals surface area contributed by atoms with Gasteiger partial charge in [-0.15, -0.1) is 12.3 Å². The molecule has 21 heavy (non-hydrogen) atoms. The highest BCUT2D eigenvalue weighted by atomic mass is 16.4. The first-order valence-corrected chi connectivity index (χ1v) is 6.91. The average Bonchev–Trinajstić information content (AvgIpc) is 2.45. The summed E-state index contributed by atoms with van der Waals surface area (Å²) in [6.07, 6.45) is 8.11. The summed E-state index contributed by atoms with van der Waals surface area (Å²) in [5.74, 6) is 1.72. The molecule has 5 heteroatoms. The summed E-state index contributed by atoms with van der Waals surface area (Å²) in [6.45, 7) is 0.576. The SMILES string of the molecule is C#CCCCCNC(=O)Nc1cccc(CCC(=O)O)c1. The number of anilines is 1. The fourth-order valence-corrected chi connectivity index (χ4v) is 1.79. The van der Waals surface area contributed by atoms with Crippen molar-refractivity contribution in [2.45, 2.75) is 32.1 Å². The second kappa shape index (κ2) is 9.43. The van der Waals surface area contributed by atoms with E-state index in [1.54, 1.807) is 18.2 Å². The minimum atomic E-state index is -0.835. The molecule has 5 nitrogen and oxygen atoms in total. The Balaban J connectivity index is 2.36. The van der Waals surface area contributed by atoms with E-state index in [1.807, 2.05) is 6.07 Å². The molecule has 0 bridgehead atoms. The standard InChI is InChI=1S/C16H20N2O3/c1-2-3-4-5-11-17-16(21)18-14-8-6-7-13(12-14)9-10-15(19)20/h1,6-8,12H,3-5,9-11H2,(H,19,20)(H2,17,18,21). The van der Waals surface area contributed by atoms with Crippen LogP contribution in [0.4, 0.5) is 10.5 Å². The van der Waals surface area contributed by atoms with Crippen molar-refractivity contribution in [3.05, 3.63) is 29.8 Å². The molecule has 3 N–H and O–H groups in total. The van der Waals surface area contributed by atoms with Crippen molar-refractivity contribution in [2.75, 3.05) is 11.9 Å². The van der Waals surface area contributed by atoms with Gasteiger partial charge in [0.2, 0.25) is 0 Å². The van der Waals surface area contributed by atoms with Gasteiger partial charge in [0, 0.05) is 25.1 Å². The number of carboxylic acids is 1. The van der Waals surface area contributed by atoms with E-state index in [1.165, 1.54) is 0 Å². The summed E-state index contributed by atoms with van der Waals surface area (Å²) in [5, 5.41) is 14.1. The number of hydrogen-bond donors (Lipinski definition) is 3. The van der Waals surface area contributed by atoms with Gasteiger partial charge in [-0.1, -0.05) is 12.1 Å². The monoisotopic (exact) mass is 288 g/mol. The Kier molecular flexibility index (Phi) is 7.44. The number of urea groups is 1. The van der Waals surface area contributed by atoms with Crippen LogP contribution in [0.25, 0.3) is 0 Å². The number of terminal acetylenes is 1. The Bertz CT molecular complexity index is 520. The molecule has 2 amide bonds. The number of carboxylic acid groups (broad SMARTS) is 1. The number of unbranched alkanes of at least 4 members (excludes halogenated alkanes) is 2. The molecule has 0 aliphatic rings. The number of benzene rings is 1. The van der Waals surface area contributed by atoms with Gasteiger partial charge in [-0.05, 0) is 37.0 Å². The predicted molar refractivity (Wildman–Crippen MR) is 82.1 cm³/mol. The quantitative estimate of drug-likeness (QED) is 0.508. The Hall–Kier alpha value is -2.48. The molecule has 0 atom stereocenters. The molecule has 0 spiro atoms. The molecule has 0 aliphatic carbocycles. The molecule has 0 aromatic heterocycles. The highest BCUT2D eigenvalue weighted by Gasteiger charge is 2.03. The van der Waals surface area contributed by atoms with Crippen LogP contribution in [0, 0.1) is 12.3 Å².